The fourth-order valence-corrected chi connectivity index (χ4v) is 2.92. The SMILES string of the molecule is Cc1nn(-c2ccc(F)cc2)c(Cl)c1C=C(C#N)C(=O)NCc1ccccc1. The van der Waals surface area contributed by atoms with E-state index < -0.39 is 5.91 Å². The molecule has 0 fully saturated rings. The van der Waals surface area contributed by atoms with Crippen molar-refractivity contribution in [2.75, 3.05) is 0 Å². The number of benzene rings is 2. The Hall–Kier alpha value is -3.43. The Kier molecular flexibility index (Phi) is 5.87. The summed E-state index contributed by atoms with van der Waals surface area (Å²) in [6, 6.07) is 17.0. The summed E-state index contributed by atoms with van der Waals surface area (Å²) in [7, 11) is 0. The van der Waals surface area contributed by atoms with Gasteiger partial charge in [0.2, 0.25) is 0 Å². The van der Waals surface area contributed by atoms with Crippen molar-refractivity contribution in [3.63, 3.8) is 0 Å². The molecule has 5 nitrogen and oxygen atoms in total. The lowest BCUT2D eigenvalue weighted by molar-refractivity contribution is -0.117. The van der Waals surface area contributed by atoms with Gasteiger partial charge in [0.25, 0.3) is 5.91 Å². The summed E-state index contributed by atoms with van der Waals surface area (Å²) in [6.45, 7) is 2.02. The molecule has 3 aromatic rings. The molecule has 0 aliphatic rings. The Morgan fingerprint density at radius 3 is 2.57 bits per heavy atom. The molecule has 0 radical (unpaired) electrons. The molecule has 0 atom stereocenters. The van der Waals surface area contributed by atoms with Crippen LogP contribution in [0.2, 0.25) is 5.15 Å². The van der Waals surface area contributed by atoms with Crippen molar-refractivity contribution in [2.45, 2.75) is 13.5 Å². The highest BCUT2D eigenvalue weighted by Gasteiger charge is 2.16. The summed E-state index contributed by atoms with van der Waals surface area (Å²) < 4.78 is 14.6. The van der Waals surface area contributed by atoms with Crippen LogP contribution in [0.5, 0.6) is 0 Å². The lowest BCUT2D eigenvalue weighted by Gasteiger charge is -2.05. The molecule has 0 saturated carbocycles. The lowest BCUT2D eigenvalue weighted by atomic mass is 10.1. The Balaban J connectivity index is 1.85. The highest BCUT2D eigenvalue weighted by Crippen LogP contribution is 2.26. The molecule has 0 saturated heterocycles. The topological polar surface area (TPSA) is 70.7 Å². The molecule has 2 aromatic carbocycles. The third-order valence-electron chi connectivity index (χ3n) is 4.07. The zero-order chi connectivity index (χ0) is 20.1. The molecule has 140 valence electrons. The van der Waals surface area contributed by atoms with Crippen LogP contribution >= 0.6 is 11.6 Å². The van der Waals surface area contributed by atoms with Gasteiger partial charge < -0.3 is 5.32 Å². The number of aryl methyl sites for hydroxylation is 1. The zero-order valence-corrected chi connectivity index (χ0v) is 15.7. The molecule has 3 rings (SSSR count). The third kappa shape index (κ3) is 4.27. The highest BCUT2D eigenvalue weighted by molar-refractivity contribution is 6.31. The number of hydrogen-bond acceptors (Lipinski definition) is 3. The maximum absolute atomic E-state index is 13.1. The van der Waals surface area contributed by atoms with Gasteiger partial charge in [0.1, 0.15) is 22.6 Å². The van der Waals surface area contributed by atoms with E-state index in [1.54, 1.807) is 19.1 Å². The zero-order valence-electron chi connectivity index (χ0n) is 15.0. The van der Waals surface area contributed by atoms with E-state index in [2.05, 4.69) is 10.4 Å². The number of nitriles is 1. The molecular formula is C21H16ClFN4O. The molecule has 0 aliphatic heterocycles. The van der Waals surface area contributed by atoms with Crippen LogP contribution in [-0.2, 0) is 11.3 Å². The molecule has 0 bridgehead atoms. The van der Waals surface area contributed by atoms with E-state index in [9.17, 15) is 14.4 Å². The highest BCUT2D eigenvalue weighted by atomic mass is 35.5. The van der Waals surface area contributed by atoms with Gasteiger partial charge in [0, 0.05) is 12.1 Å². The number of amides is 1. The van der Waals surface area contributed by atoms with Crippen LogP contribution in [0.1, 0.15) is 16.8 Å². The smallest absolute Gasteiger partial charge is 0.262 e. The molecule has 1 N–H and O–H groups in total. The molecule has 28 heavy (non-hydrogen) atoms. The van der Waals surface area contributed by atoms with Gasteiger partial charge in [0.15, 0.2) is 0 Å². The number of rotatable bonds is 5. The predicted molar refractivity (Wildman–Crippen MR) is 105 cm³/mol. The van der Waals surface area contributed by atoms with Gasteiger partial charge >= 0.3 is 0 Å². The first-order valence-corrected chi connectivity index (χ1v) is 8.82. The Morgan fingerprint density at radius 1 is 1.25 bits per heavy atom. The largest absolute Gasteiger partial charge is 0.347 e. The van der Waals surface area contributed by atoms with E-state index in [1.165, 1.54) is 22.9 Å². The molecule has 7 heteroatoms. The van der Waals surface area contributed by atoms with Crippen molar-refractivity contribution in [2.24, 2.45) is 0 Å². The normalized spacial score (nSPS) is 11.1. The standard InChI is InChI=1S/C21H16ClFN4O/c1-14-19(20(22)27(26-14)18-9-7-17(23)8-10-18)11-16(12-24)21(28)25-13-15-5-3-2-4-6-15/h2-11H,13H2,1H3,(H,25,28). The first-order chi connectivity index (χ1) is 13.5. The van der Waals surface area contributed by atoms with Crippen LogP contribution < -0.4 is 5.32 Å². The molecular weight excluding hydrogens is 379 g/mol. The second-order valence-corrected chi connectivity index (χ2v) is 6.37. The van der Waals surface area contributed by atoms with Gasteiger partial charge in [-0.3, -0.25) is 4.79 Å². The first kappa shape index (κ1) is 19.3. The minimum absolute atomic E-state index is 0.0837. The summed E-state index contributed by atoms with van der Waals surface area (Å²) in [4.78, 5) is 12.4. The van der Waals surface area contributed by atoms with Crippen LogP contribution in [0.4, 0.5) is 4.39 Å². The van der Waals surface area contributed by atoms with Gasteiger partial charge in [-0.05, 0) is 42.8 Å². The average molecular weight is 395 g/mol. The summed E-state index contributed by atoms with van der Waals surface area (Å²) >= 11 is 6.40. The summed E-state index contributed by atoms with van der Waals surface area (Å²) in [6.07, 6.45) is 1.41. The van der Waals surface area contributed by atoms with Gasteiger partial charge in [-0.15, -0.1) is 0 Å². The lowest BCUT2D eigenvalue weighted by Crippen LogP contribution is -2.23. The van der Waals surface area contributed by atoms with Crippen molar-refractivity contribution < 1.29 is 9.18 Å². The maximum Gasteiger partial charge on any atom is 0.262 e. The van der Waals surface area contributed by atoms with Crippen LogP contribution in [0, 0.1) is 24.1 Å². The molecule has 0 aliphatic carbocycles. The van der Waals surface area contributed by atoms with Crippen molar-refractivity contribution in [3.8, 4) is 11.8 Å². The van der Waals surface area contributed by atoms with E-state index in [4.69, 9.17) is 11.6 Å². The fourth-order valence-electron chi connectivity index (χ4n) is 2.59. The number of carbonyl (C=O) groups is 1. The average Bonchev–Trinajstić information content (AvgIpc) is 2.99. The van der Waals surface area contributed by atoms with Crippen molar-refractivity contribution in [3.05, 3.63) is 88.0 Å². The number of nitrogens with zero attached hydrogens (tertiary/aromatic N) is 3. The van der Waals surface area contributed by atoms with E-state index in [-0.39, 0.29) is 16.5 Å². The molecule has 1 heterocycles. The number of nitrogens with one attached hydrogen (secondary N) is 1. The van der Waals surface area contributed by atoms with E-state index >= 15 is 0 Å². The van der Waals surface area contributed by atoms with Crippen LogP contribution in [0.25, 0.3) is 11.8 Å². The minimum atomic E-state index is -0.503. The second-order valence-electron chi connectivity index (χ2n) is 6.02. The van der Waals surface area contributed by atoms with Crippen LogP contribution in [0.3, 0.4) is 0 Å². The van der Waals surface area contributed by atoms with Crippen molar-refractivity contribution in [1.82, 2.24) is 15.1 Å². The summed E-state index contributed by atoms with van der Waals surface area (Å²) in [5.41, 5.74) is 2.41. The maximum atomic E-state index is 13.1. The van der Waals surface area contributed by atoms with Gasteiger partial charge in [-0.1, -0.05) is 41.9 Å². The van der Waals surface area contributed by atoms with Crippen LogP contribution in [-0.4, -0.2) is 15.7 Å². The predicted octanol–water partition coefficient (Wildman–Crippen LogP) is 4.20. The quantitative estimate of drug-likeness (QED) is 0.521. The van der Waals surface area contributed by atoms with Crippen LogP contribution in [0.15, 0.2) is 60.2 Å². The van der Waals surface area contributed by atoms with Gasteiger partial charge in [-0.25, -0.2) is 9.07 Å². The van der Waals surface area contributed by atoms with E-state index in [1.807, 2.05) is 36.4 Å². The monoisotopic (exact) mass is 394 g/mol. The third-order valence-corrected chi connectivity index (χ3v) is 4.43. The number of carbonyl (C=O) groups excluding carboxylic acids is 1. The molecule has 1 aromatic heterocycles. The second kappa shape index (κ2) is 8.51. The Labute approximate surface area is 166 Å². The minimum Gasteiger partial charge on any atom is -0.347 e. The van der Waals surface area contributed by atoms with Crippen molar-refractivity contribution >= 4 is 23.6 Å². The number of hydrogen-bond donors (Lipinski definition) is 1. The van der Waals surface area contributed by atoms with Crippen molar-refractivity contribution in [1.29, 1.82) is 5.26 Å². The first-order valence-electron chi connectivity index (χ1n) is 8.44. The Bertz CT molecular complexity index is 1070. The van der Waals surface area contributed by atoms with E-state index in [0.29, 0.717) is 23.5 Å². The Morgan fingerprint density at radius 2 is 1.93 bits per heavy atom. The number of aromatic nitrogens is 2. The fraction of sp³-hybridized carbons (Fsp3) is 0.0952. The van der Waals surface area contributed by atoms with Gasteiger partial charge in [0.05, 0.1) is 11.4 Å². The number of halogens is 2. The molecule has 1 amide bonds. The summed E-state index contributed by atoms with van der Waals surface area (Å²) in [5.74, 6) is -0.873. The molecule has 0 unspecified atom stereocenters. The van der Waals surface area contributed by atoms with Gasteiger partial charge in [-0.2, -0.15) is 10.4 Å². The molecule has 0 spiro atoms. The van der Waals surface area contributed by atoms with E-state index in [0.717, 1.165) is 5.56 Å². The summed E-state index contributed by atoms with van der Waals surface area (Å²) in [5, 5.41) is 16.7.